The molecule has 0 radical (unpaired) electrons. The molecule has 0 fully saturated rings. The van der Waals surface area contributed by atoms with Crippen LogP contribution in [0.4, 0.5) is 5.69 Å². The van der Waals surface area contributed by atoms with E-state index in [1.54, 1.807) is 50.6 Å². The molecule has 27 heavy (non-hydrogen) atoms. The number of benzene rings is 2. The Morgan fingerprint density at radius 3 is 2.19 bits per heavy atom. The van der Waals surface area contributed by atoms with Crippen molar-refractivity contribution in [1.29, 1.82) is 0 Å². The van der Waals surface area contributed by atoms with Crippen LogP contribution < -0.4 is 30.4 Å². The molecule has 2 rings (SSSR count). The number of hydrogen-bond acceptors (Lipinski definition) is 6. The van der Waals surface area contributed by atoms with Crippen LogP contribution in [0.2, 0.25) is 0 Å². The molecule has 2 amide bonds. The standard InChI is InChI=1S/C19H23N3O5/c1-25-15-9-7-14(8-10-15)20-13-19(24)22-21-18(23)11-12-27-17-6-4-3-5-16(17)26-2/h3-10,20H,11-13H2,1-2H3,(H,21,23)(H,22,24). The Hall–Kier alpha value is -3.42. The first-order chi connectivity index (χ1) is 13.1. The monoisotopic (exact) mass is 373 g/mol. The number of amides is 2. The number of ether oxygens (including phenoxy) is 3. The lowest BCUT2D eigenvalue weighted by molar-refractivity contribution is -0.128. The van der Waals surface area contributed by atoms with Gasteiger partial charge in [-0.1, -0.05) is 12.1 Å². The fourth-order valence-electron chi connectivity index (χ4n) is 2.13. The SMILES string of the molecule is COc1ccc(NCC(=O)NNC(=O)CCOc2ccccc2OC)cc1. The van der Waals surface area contributed by atoms with Gasteiger partial charge in [-0.3, -0.25) is 20.4 Å². The largest absolute Gasteiger partial charge is 0.497 e. The van der Waals surface area contributed by atoms with E-state index in [0.29, 0.717) is 11.5 Å². The molecular formula is C19H23N3O5. The Labute approximate surface area is 157 Å². The van der Waals surface area contributed by atoms with Gasteiger partial charge < -0.3 is 19.5 Å². The average Bonchev–Trinajstić information content (AvgIpc) is 2.71. The Morgan fingerprint density at radius 2 is 1.52 bits per heavy atom. The topological polar surface area (TPSA) is 97.9 Å². The molecule has 0 atom stereocenters. The third-order valence-corrected chi connectivity index (χ3v) is 3.54. The zero-order chi connectivity index (χ0) is 19.5. The van der Waals surface area contributed by atoms with Crippen LogP contribution in [0.3, 0.4) is 0 Å². The normalized spacial score (nSPS) is 9.85. The highest BCUT2D eigenvalue weighted by Gasteiger charge is 2.07. The van der Waals surface area contributed by atoms with E-state index in [9.17, 15) is 9.59 Å². The summed E-state index contributed by atoms with van der Waals surface area (Å²) in [6.07, 6.45) is 0.0875. The Balaban J connectivity index is 1.63. The molecule has 0 aromatic heterocycles. The van der Waals surface area contributed by atoms with Gasteiger partial charge in [0.1, 0.15) is 5.75 Å². The fourth-order valence-corrected chi connectivity index (χ4v) is 2.13. The maximum atomic E-state index is 11.8. The van der Waals surface area contributed by atoms with Crippen LogP contribution in [0.1, 0.15) is 6.42 Å². The number of anilines is 1. The molecule has 0 unspecified atom stereocenters. The third-order valence-electron chi connectivity index (χ3n) is 3.54. The summed E-state index contributed by atoms with van der Waals surface area (Å²) in [5.74, 6) is 1.15. The van der Waals surface area contributed by atoms with Crippen LogP contribution in [0.25, 0.3) is 0 Å². The molecule has 0 spiro atoms. The van der Waals surface area contributed by atoms with Crippen molar-refractivity contribution < 1.29 is 23.8 Å². The van der Waals surface area contributed by atoms with E-state index in [1.165, 1.54) is 0 Å². The number of carbonyl (C=O) groups is 2. The van der Waals surface area contributed by atoms with Crippen molar-refractivity contribution in [2.75, 3.05) is 32.7 Å². The van der Waals surface area contributed by atoms with E-state index in [4.69, 9.17) is 14.2 Å². The molecule has 0 heterocycles. The Bertz CT molecular complexity index is 749. The third kappa shape index (κ3) is 6.77. The molecule has 2 aromatic carbocycles. The predicted molar refractivity (Wildman–Crippen MR) is 101 cm³/mol. The minimum atomic E-state index is -0.371. The van der Waals surface area contributed by atoms with Gasteiger partial charge in [-0.15, -0.1) is 0 Å². The summed E-state index contributed by atoms with van der Waals surface area (Å²) >= 11 is 0. The van der Waals surface area contributed by atoms with E-state index in [1.807, 2.05) is 12.1 Å². The molecule has 0 saturated carbocycles. The molecule has 8 heteroatoms. The quantitative estimate of drug-likeness (QED) is 0.579. The molecule has 0 saturated heterocycles. The number of methoxy groups -OCH3 is 2. The smallest absolute Gasteiger partial charge is 0.257 e. The van der Waals surface area contributed by atoms with Crippen molar-refractivity contribution in [2.45, 2.75) is 6.42 Å². The minimum absolute atomic E-state index is 0.0182. The zero-order valence-electron chi connectivity index (χ0n) is 15.3. The summed E-state index contributed by atoms with van der Waals surface area (Å²) in [5.41, 5.74) is 5.45. The molecule has 0 bridgehead atoms. The van der Waals surface area contributed by atoms with Crippen molar-refractivity contribution >= 4 is 17.5 Å². The maximum Gasteiger partial charge on any atom is 0.257 e. The number of rotatable bonds is 9. The molecule has 0 aliphatic heterocycles. The first kappa shape index (κ1) is 19.9. The number of carbonyl (C=O) groups excluding carboxylic acids is 2. The zero-order valence-corrected chi connectivity index (χ0v) is 15.3. The van der Waals surface area contributed by atoms with Crippen molar-refractivity contribution in [3.05, 3.63) is 48.5 Å². The molecule has 0 aliphatic carbocycles. The van der Waals surface area contributed by atoms with Crippen LogP contribution in [0.5, 0.6) is 17.2 Å². The second kappa shape index (κ2) is 10.5. The number of hydrazine groups is 1. The minimum Gasteiger partial charge on any atom is -0.497 e. The average molecular weight is 373 g/mol. The Morgan fingerprint density at radius 1 is 0.852 bits per heavy atom. The summed E-state index contributed by atoms with van der Waals surface area (Å²) in [6.45, 7) is 0.177. The number of nitrogens with one attached hydrogen (secondary N) is 3. The van der Waals surface area contributed by atoms with Gasteiger partial charge in [-0.05, 0) is 36.4 Å². The van der Waals surface area contributed by atoms with Gasteiger partial charge in [0.25, 0.3) is 5.91 Å². The van der Waals surface area contributed by atoms with Crippen LogP contribution in [0.15, 0.2) is 48.5 Å². The molecule has 3 N–H and O–H groups in total. The summed E-state index contributed by atoms with van der Waals surface area (Å²) in [7, 11) is 3.13. The van der Waals surface area contributed by atoms with Crippen LogP contribution in [-0.2, 0) is 9.59 Å². The van der Waals surface area contributed by atoms with Gasteiger partial charge in [0.15, 0.2) is 11.5 Å². The summed E-state index contributed by atoms with van der Waals surface area (Å²) in [6, 6.07) is 14.3. The molecule has 144 valence electrons. The van der Waals surface area contributed by atoms with Crippen molar-refractivity contribution in [3.63, 3.8) is 0 Å². The number of hydrogen-bond donors (Lipinski definition) is 3. The number of para-hydroxylation sites is 2. The van der Waals surface area contributed by atoms with Crippen LogP contribution in [-0.4, -0.2) is 39.2 Å². The van der Waals surface area contributed by atoms with Gasteiger partial charge in [0.05, 0.1) is 33.8 Å². The fraction of sp³-hybridized carbons (Fsp3) is 0.263. The Kier molecular flexibility index (Phi) is 7.77. The second-order valence-electron chi connectivity index (χ2n) is 5.43. The van der Waals surface area contributed by atoms with Crippen LogP contribution >= 0.6 is 0 Å². The second-order valence-corrected chi connectivity index (χ2v) is 5.43. The summed E-state index contributed by atoms with van der Waals surface area (Å²) < 4.78 is 15.7. The molecule has 0 aliphatic rings. The van der Waals surface area contributed by atoms with Crippen molar-refractivity contribution in [3.8, 4) is 17.2 Å². The molecular weight excluding hydrogens is 350 g/mol. The van der Waals surface area contributed by atoms with Gasteiger partial charge in [-0.25, -0.2) is 0 Å². The predicted octanol–water partition coefficient (Wildman–Crippen LogP) is 1.73. The van der Waals surface area contributed by atoms with E-state index >= 15 is 0 Å². The van der Waals surface area contributed by atoms with Gasteiger partial charge >= 0.3 is 0 Å². The van der Waals surface area contributed by atoms with Gasteiger partial charge in [0.2, 0.25) is 5.91 Å². The first-order valence-electron chi connectivity index (χ1n) is 8.34. The summed E-state index contributed by atoms with van der Waals surface area (Å²) in [4.78, 5) is 23.5. The lowest BCUT2D eigenvalue weighted by Gasteiger charge is -2.11. The van der Waals surface area contributed by atoms with E-state index in [2.05, 4.69) is 16.2 Å². The highest BCUT2D eigenvalue weighted by atomic mass is 16.5. The summed E-state index contributed by atoms with van der Waals surface area (Å²) in [5, 5.41) is 2.94. The van der Waals surface area contributed by atoms with E-state index in [0.717, 1.165) is 11.4 Å². The van der Waals surface area contributed by atoms with E-state index < -0.39 is 0 Å². The van der Waals surface area contributed by atoms with Gasteiger partial charge in [-0.2, -0.15) is 0 Å². The van der Waals surface area contributed by atoms with Crippen LogP contribution in [0, 0.1) is 0 Å². The highest BCUT2D eigenvalue weighted by molar-refractivity contribution is 5.84. The van der Waals surface area contributed by atoms with Crippen molar-refractivity contribution in [1.82, 2.24) is 10.9 Å². The first-order valence-corrected chi connectivity index (χ1v) is 8.34. The van der Waals surface area contributed by atoms with Gasteiger partial charge in [0, 0.05) is 5.69 Å². The lowest BCUT2D eigenvalue weighted by atomic mass is 10.3. The van der Waals surface area contributed by atoms with Crippen molar-refractivity contribution in [2.24, 2.45) is 0 Å². The molecule has 8 nitrogen and oxygen atoms in total. The maximum absolute atomic E-state index is 11.8. The van der Waals surface area contributed by atoms with E-state index in [-0.39, 0.29) is 31.4 Å². The lowest BCUT2D eigenvalue weighted by Crippen LogP contribution is -2.44. The highest BCUT2D eigenvalue weighted by Crippen LogP contribution is 2.25. The molecule has 2 aromatic rings.